The molecule has 0 aliphatic rings. The quantitative estimate of drug-likeness (QED) is 0.572. The first-order valence-corrected chi connectivity index (χ1v) is 7.59. The van der Waals surface area contributed by atoms with Crippen LogP contribution in [0.3, 0.4) is 0 Å². The monoisotopic (exact) mass is 246 g/mol. The van der Waals surface area contributed by atoms with E-state index in [9.17, 15) is 0 Å². The molecule has 0 aliphatic heterocycles. The van der Waals surface area contributed by atoms with Crippen LogP contribution in [-0.2, 0) is 6.42 Å². The largest absolute Gasteiger partial charge is 0.317 e. The third-order valence-corrected chi connectivity index (χ3v) is 3.31. The second-order valence-corrected chi connectivity index (χ2v) is 5.03. The van der Waals surface area contributed by atoms with Crippen LogP contribution in [0, 0.1) is 6.07 Å². The van der Waals surface area contributed by atoms with E-state index < -0.39 is 0 Å². The van der Waals surface area contributed by atoms with E-state index in [1.807, 2.05) is 12.1 Å². The molecule has 0 bridgehead atoms. The first kappa shape index (κ1) is 15.2. The van der Waals surface area contributed by atoms with Gasteiger partial charge in [0.1, 0.15) is 0 Å². The molecular formula is C17H28N. The van der Waals surface area contributed by atoms with Gasteiger partial charge >= 0.3 is 0 Å². The summed E-state index contributed by atoms with van der Waals surface area (Å²) in [6, 6.07) is 11.4. The number of hydrogen-bond acceptors (Lipinski definition) is 1. The lowest BCUT2D eigenvalue weighted by atomic mass is 10.1. The van der Waals surface area contributed by atoms with E-state index in [1.54, 1.807) is 0 Å². The minimum Gasteiger partial charge on any atom is -0.317 e. The second-order valence-electron chi connectivity index (χ2n) is 5.03. The molecule has 1 aromatic rings. The average Bonchev–Trinajstić information content (AvgIpc) is 2.42. The lowest BCUT2D eigenvalue weighted by Crippen LogP contribution is -2.17. The van der Waals surface area contributed by atoms with Crippen molar-refractivity contribution in [2.75, 3.05) is 13.1 Å². The number of rotatable bonds is 11. The molecule has 1 heteroatoms. The zero-order chi connectivity index (χ0) is 12.9. The summed E-state index contributed by atoms with van der Waals surface area (Å²) >= 11 is 0. The molecule has 0 amide bonds. The predicted octanol–water partition coefficient (Wildman–Crippen LogP) is 4.37. The van der Waals surface area contributed by atoms with Gasteiger partial charge < -0.3 is 5.32 Å². The summed E-state index contributed by atoms with van der Waals surface area (Å²) in [6.07, 6.45) is 10.7. The fourth-order valence-electron chi connectivity index (χ4n) is 2.16. The Labute approximate surface area is 113 Å². The van der Waals surface area contributed by atoms with Crippen LogP contribution in [0.4, 0.5) is 0 Å². The maximum atomic E-state index is 3.54. The molecule has 101 valence electrons. The Hall–Kier alpha value is -0.820. The Balaban J connectivity index is 1.82. The Morgan fingerprint density at radius 3 is 2.33 bits per heavy atom. The van der Waals surface area contributed by atoms with Crippen molar-refractivity contribution < 1.29 is 0 Å². The molecule has 1 aromatic carbocycles. The zero-order valence-corrected chi connectivity index (χ0v) is 11.9. The Kier molecular flexibility index (Phi) is 9.55. The van der Waals surface area contributed by atoms with Gasteiger partial charge in [0, 0.05) is 0 Å². The van der Waals surface area contributed by atoms with Crippen LogP contribution >= 0.6 is 0 Å². The zero-order valence-electron chi connectivity index (χ0n) is 11.9. The van der Waals surface area contributed by atoms with Crippen molar-refractivity contribution in [1.82, 2.24) is 5.32 Å². The molecule has 0 atom stereocenters. The van der Waals surface area contributed by atoms with E-state index >= 15 is 0 Å². The summed E-state index contributed by atoms with van der Waals surface area (Å²) in [4.78, 5) is 0. The molecule has 0 fully saturated rings. The van der Waals surface area contributed by atoms with E-state index in [0.29, 0.717) is 0 Å². The average molecular weight is 246 g/mol. The summed E-state index contributed by atoms with van der Waals surface area (Å²) in [6.45, 7) is 4.61. The summed E-state index contributed by atoms with van der Waals surface area (Å²) in [5.41, 5.74) is 1.43. The molecule has 18 heavy (non-hydrogen) atoms. The van der Waals surface area contributed by atoms with Crippen LogP contribution in [0.1, 0.15) is 57.4 Å². The van der Waals surface area contributed by atoms with E-state index in [0.717, 1.165) is 6.54 Å². The standard InChI is InChI=1S/C17H28N/c1-2-3-4-5-6-10-15-18-16-11-14-17-12-8-7-9-13-17/h8-9,12-13,18H,2-6,10-11,14-16H2,1H3. The molecule has 1 radical (unpaired) electrons. The maximum absolute atomic E-state index is 3.54. The van der Waals surface area contributed by atoms with Gasteiger partial charge in [0.2, 0.25) is 0 Å². The molecule has 1 rings (SSSR count). The van der Waals surface area contributed by atoms with Crippen molar-refractivity contribution in [2.24, 2.45) is 0 Å². The van der Waals surface area contributed by atoms with E-state index in [4.69, 9.17) is 0 Å². The van der Waals surface area contributed by atoms with Gasteiger partial charge in [0.05, 0.1) is 0 Å². The molecule has 1 nitrogen and oxygen atoms in total. The van der Waals surface area contributed by atoms with Crippen LogP contribution in [0.25, 0.3) is 0 Å². The highest BCUT2D eigenvalue weighted by Gasteiger charge is 1.93. The van der Waals surface area contributed by atoms with Crippen LogP contribution < -0.4 is 5.32 Å². The Morgan fingerprint density at radius 2 is 1.56 bits per heavy atom. The third-order valence-electron chi connectivity index (χ3n) is 3.31. The molecule has 0 heterocycles. The van der Waals surface area contributed by atoms with Gasteiger partial charge in [-0.25, -0.2) is 0 Å². The summed E-state index contributed by atoms with van der Waals surface area (Å²) < 4.78 is 0. The first-order chi connectivity index (χ1) is 8.93. The fraction of sp³-hybridized carbons (Fsp3) is 0.647. The maximum Gasteiger partial charge on any atom is -0.00457 e. The van der Waals surface area contributed by atoms with E-state index in [-0.39, 0.29) is 0 Å². The minimum atomic E-state index is 1.15. The van der Waals surface area contributed by atoms with Crippen molar-refractivity contribution in [1.29, 1.82) is 0 Å². The molecule has 0 spiro atoms. The van der Waals surface area contributed by atoms with E-state index in [2.05, 4.69) is 30.4 Å². The molecule has 0 saturated heterocycles. The third kappa shape index (κ3) is 8.30. The highest BCUT2D eigenvalue weighted by atomic mass is 14.8. The Morgan fingerprint density at radius 1 is 0.889 bits per heavy atom. The number of aryl methyl sites for hydroxylation is 1. The molecular weight excluding hydrogens is 218 g/mol. The van der Waals surface area contributed by atoms with Crippen molar-refractivity contribution in [2.45, 2.75) is 58.3 Å². The van der Waals surface area contributed by atoms with Crippen LogP contribution in [-0.4, -0.2) is 13.1 Å². The van der Waals surface area contributed by atoms with Gasteiger partial charge in [-0.15, -0.1) is 0 Å². The predicted molar refractivity (Wildman–Crippen MR) is 79.8 cm³/mol. The van der Waals surface area contributed by atoms with Gasteiger partial charge in [-0.3, -0.25) is 0 Å². The normalized spacial score (nSPS) is 10.7. The SMILES string of the molecule is CCCCCCCCNCCCc1cc[c]cc1. The van der Waals surface area contributed by atoms with Crippen molar-refractivity contribution in [3.05, 3.63) is 35.9 Å². The number of unbranched alkanes of at least 4 members (excludes halogenated alkanes) is 5. The smallest absolute Gasteiger partial charge is 0.00457 e. The van der Waals surface area contributed by atoms with Gasteiger partial charge in [-0.1, -0.05) is 63.3 Å². The highest BCUT2D eigenvalue weighted by Crippen LogP contribution is 2.04. The first-order valence-electron chi connectivity index (χ1n) is 7.59. The molecule has 0 saturated carbocycles. The van der Waals surface area contributed by atoms with Crippen LogP contribution in [0.15, 0.2) is 24.3 Å². The van der Waals surface area contributed by atoms with Crippen molar-refractivity contribution in [3.63, 3.8) is 0 Å². The highest BCUT2D eigenvalue weighted by molar-refractivity contribution is 5.13. The van der Waals surface area contributed by atoms with Crippen LogP contribution in [0.2, 0.25) is 0 Å². The fourth-order valence-corrected chi connectivity index (χ4v) is 2.16. The topological polar surface area (TPSA) is 12.0 Å². The Bertz CT molecular complexity index is 268. The van der Waals surface area contributed by atoms with E-state index in [1.165, 1.54) is 63.5 Å². The summed E-state index contributed by atoms with van der Waals surface area (Å²) in [7, 11) is 0. The lowest BCUT2D eigenvalue weighted by molar-refractivity contribution is 0.565. The molecule has 1 N–H and O–H groups in total. The van der Waals surface area contributed by atoms with Gasteiger partial charge in [0.25, 0.3) is 0 Å². The van der Waals surface area contributed by atoms with Crippen LogP contribution in [0.5, 0.6) is 0 Å². The molecule has 0 unspecified atom stereocenters. The number of hydrogen-bond donors (Lipinski definition) is 1. The second kappa shape index (κ2) is 11.3. The molecule has 0 aromatic heterocycles. The van der Waals surface area contributed by atoms with Gasteiger partial charge in [0.15, 0.2) is 0 Å². The lowest BCUT2D eigenvalue weighted by Gasteiger charge is -2.05. The van der Waals surface area contributed by atoms with Crippen molar-refractivity contribution >= 4 is 0 Å². The number of nitrogens with one attached hydrogen (secondary N) is 1. The number of benzene rings is 1. The van der Waals surface area contributed by atoms with Gasteiger partial charge in [-0.05, 0) is 44.0 Å². The van der Waals surface area contributed by atoms with Crippen molar-refractivity contribution in [3.8, 4) is 0 Å². The molecule has 0 aliphatic carbocycles. The minimum absolute atomic E-state index is 1.15. The van der Waals surface area contributed by atoms with Gasteiger partial charge in [-0.2, -0.15) is 0 Å². The summed E-state index contributed by atoms with van der Waals surface area (Å²) in [5.74, 6) is 0. The summed E-state index contributed by atoms with van der Waals surface area (Å²) in [5, 5.41) is 3.54.